The average Bonchev–Trinajstić information content (AvgIpc) is 2.74. The second-order valence-electron chi connectivity index (χ2n) is 7.92. The Balaban J connectivity index is 0.00000300. The van der Waals surface area contributed by atoms with Gasteiger partial charge in [0.2, 0.25) is 5.91 Å². The van der Waals surface area contributed by atoms with Crippen LogP contribution in [0.5, 0.6) is 0 Å². The van der Waals surface area contributed by atoms with Crippen molar-refractivity contribution in [2.24, 2.45) is 11.1 Å². The Morgan fingerprint density at radius 1 is 1.00 bits per heavy atom. The minimum absolute atomic E-state index is 0. The third kappa shape index (κ3) is 5.45. The fourth-order valence-corrected chi connectivity index (χ4v) is 4.25. The monoisotopic (exact) mass is 424 g/mol. The number of rotatable bonds is 5. The molecule has 3 rings (SSSR count). The number of hydrogen-bond acceptors (Lipinski definition) is 5. The SMILES string of the molecule is Cl.NCC1(CC(=O)N2CCN(C(=O)c3ccc([N+](=O)[O-])cc3)CC2)CCCCC1. The third-order valence-corrected chi connectivity index (χ3v) is 6.12. The molecular weight excluding hydrogens is 396 g/mol. The highest BCUT2D eigenvalue weighted by Crippen LogP contribution is 2.38. The van der Waals surface area contributed by atoms with Crippen molar-refractivity contribution in [3.63, 3.8) is 0 Å². The second kappa shape index (κ2) is 10.0. The van der Waals surface area contributed by atoms with Crippen LogP contribution in [-0.4, -0.2) is 59.3 Å². The normalized spacial score (nSPS) is 18.7. The lowest BCUT2D eigenvalue weighted by Gasteiger charge is -2.39. The van der Waals surface area contributed by atoms with Crippen molar-refractivity contribution >= 4 is 29.9 Å². The molecule has 1 saturated carbocycles. The third-order valence-electron chi connectivity index (χ3n) is 6.12. The Bertz CT molecular complexity index is 727. The number of nitro groups is 1. The number of nitrogens with two attached hydrogens (primary N) is 1. The molecule has 1 aromatic rings. The molecule has 0 spiro atoms. The van der Waals surface area contributed by atoms with Gasteiger partial charge in [-0.15, -0.1) is 12.4 Å². The van der Waals surface area contributed by atoms with Crippen LogP contribution in [-0.2, 0) is 4.79 Å². The first-order valence-electron chi connectivity index (χ1n) is 9.96. The average molecular weight is 425 g/mol. The van der Waals surface area contributed by atoms with Gasteiger partial charge in [-0.25, -0.2) is 0 Å². The van der Waals surface area contributed by atoms with Crippen molar-refractivity contribution in [1.29, 1.82) is 0 Å². The molecule has 1 aliphatic carbocycles. The molecule has 0 aromatic heterocycles. The number of non-ortho nitro benzene ring substituents is 1. The van der Waals surface area contributed by atoms with Crippen LogP contribution in [0.4, 0.5) is 5.69 Å². The van der Waals surface area contributed by atoms with Crippen LogP contribution in [0.25, 0.3) is 0 Å². The molecule has 1 aliphatic heterocycles. The van der Waals surface area contributed by atoms with Gasteiger partial charge in [0.25, 0.3) is 11.6 Å². The van der Waals surface area contributed by atoms with Crippen molar-refractivity contribution < 1.29 is 14.5 Å². The minimum atomic E-state index is -0.487. The van der Waals surface area contributed by atoms with E-state index in [-0.39, 0.29) is 35.3 Å². The molecule has 29 heavy (non-hydrogen) atoms. The first-order valence-corrected chi connectivity index (χ1v) is 9.96. The molecule has 2 amide bonds. The number of nitrogens with zero attached hydrogens (tertiary/aromatic N) is 3. The standard InChI is InChI=1S/C20H28N4O4.ClH/c21-15-20(8-2-1-3-9-20)14-18(25)22-10-12-23(13-11-22)19(26)16-4-6-17(7-5-16)24(27)28;/h4-7H,1-3,8-15,21H2;1H. The van der Waals surface area contributed by atoms with E-state index in [4.69, 9.17) is 5.73 Å². The van der Waals surface area contributed by atoms with E-state index < -0.39 is 4.92 Å². The van der Waals surface area contributed by atoms with Crippen LogP contribution >= 0.6 is 12.4 Å². The van der Waals surface area contributed by atoms with Crippen molar-refractivity contribution in [1.82, 2.24) is 9.80 Å². The summed E-state index contributed by atoms with van der Waals surface area (Å²) in [7, 11) is 0. The van der Waals surface area contributed by atoms with Gasteiger partial charge in [0.1, 0.15) is 0 Å². The molecule has 160 valence electrons. The molecule has 1 aromatic carbocycles. The molecule has 1 heterocycles. The number of nitro benzene ring substituents is 1. The highest BCUT2D eigenvalue weighted by atomic mass is 35.5. The van der Waals surface area contributed by atoms with Crippen molar-refractivity contribution in [2.75, 3.05) is 32.7 Å². The van der Waals surface area contributed by atoms with Crippen LogP contribution in [0.3, 0.4) is 0 Å². The lowest BCUT2D eigenvalue weighted by Crippen LogP contribution is -2.51. The Hall–Kier alpha value is -2.19. The molecule has 1 saturated heterocycles. The van der Waals surface area contributed by atoms with Crippen LogP contribution in [0.2, 0.25) is 0 Å². The highest BCUT2D eigenvalue weighted by molar-refractivity contribution is 5.94. The number of hydrogen-bond donors (Lipinski definition) is 1. The zero-order valence-corrected chi connectivity index (χ0v) is 17.4. The van der Waals surface area contributed by atoms with Crippen LogP contribution in [0.1, 0.15) is 48.9 Å². The molecule has 0 unspecified atom stereocenters. The maximum Gasteiger partial charge on any atom is 0.269 e. The van der Waals surface area contributed by atoms with Gasteiger partial charge in [0.05, 0.1) is 4.92 Å². The summed E-state index contributed by atoms with van der Waals surface area (Å²) in [6, 6.07) is 5.63. The fourth-order valence-electron chi connectivity index (χ4n) is 4.25. The Morgan fingerprint density at radius 3 is 2.07 bits per heavy atom. The summed E-state index contributed by atoms with van der Waals surface area (Å²) >= 11 is 0. The Labute approximate surface area is 177 Å². The van der Waals surface area contributed by atoms with E-state index in [2.05, 4.69) is 0 Å². The molecule has 0 radical (unpaired) electrons. The van der Waals surface area contributed by atoms with E-state index in [1.54, 1.807) is 4.90 Å². The summed E-state index contributed by atoms with van der Waals surface area (Å²) in [5, 5.41) is 10.7. The first kappa shape index (κ1) is 23.1. The predicted octanol–water partition coefficient (Wildman–Crippen LogP) is 2.60. The van der Waals surface area contributed by atoms with Crippen molar-refractivity contribution in [3.05, 3.63) is 39.9 Å². The van der Waals surface area contributed by atoms with Crippen LogP contribution in [0.15, 0.2) is 24.3 Å². The van der Waals surface area contributed by atoms with Crippen molar-refractivity contribution in [3.8, 4) is 0 Å². The molecule has 8 nitrogen and oxygen atoms in total. The summed E-state index contributed by atoms with van der Waals surface area (Å²) in [5.41, 5.74) is 6.34. The van der Waals surface area contributed by atoms with Crippen LogP contribution in [0, 0.1) is 15.5 Å². The van der Waals surface area contributed by atoms with E-state index in [0.717, 1.165) is 25.7 Å². The lowest BCUT2D eigenvalue weighted by atomic mass is 9.71. The number of halogens is 1. The lowest BCUT2D eigenvalue weighted by molar-refractivity contribution is -0.384. The Kier molecular flexibility index (Phi) is 7.98. The predicted molar refractivity (Wildman–Crippen MR) is 112 cm³/mol. The van der Waals surface area contributed by atoms with E-state index >= 15 is 0 Å². The van der Waals surface area contributed by atoms with Gasteiger partial charge >= 0.3 is 0 Å². The van der Waals surface area contributed by atoms with Crippen molar-refractivity contribution in [2.45, 2.75) is 38.5 Å². The summed E-state index contributed by atoms with van der Waals surface area (Å²) in [5.74, 6) is -0.0255. The summed E-state index contributed by atoms with van der Waals surface area (Å²) < 4.78 is 0. The van der Waals surface area contributed by atoms with Gasteiger partial charge in [0.15, 0.2) is 0 Å². The van der Waals surface area contributed by atoms with Gasteiger partial charge in [0, 0.05) is 50.3 Å². The molecule has 2 fully saturated rings. The highest BCUT2D eigenvalue weighted by Gasteiger charge is 2.35. The largest absolute Gasteiger partial charge is 0.339 e. The Morgan fingerprint density at radius 2 is 1.55 bits per heavy atom. The molecular formula is C20H29ClN4O4. The number of carbonyl (C=O) groups excluding carboxylic acids is 2. The number of benzene rings is 1. The maximum absolute atomic E-state index is 12.8. The molecule has 2 aliphatic rings. The first-order chi connectivity index (χ1) is 13.4. The van der Waals surface area contributed by atoms with Crippen LogP contribution < -0.4 is 5.73 Å². The minimum Gasteiger partial charge on any atom is -0.339 e. The van der Waals surface area contributed by atoms with Gasteiger partial charge < -0.3 is 15.5 Å². The van der Waals surface area contributed by atoms with E-state index in [0.29, 0.717) is 44.7 Å². The van der Waals surface area contributed by atoms with E-state index in [1.807, 2.05) is 4.90 Å². The fraction of sp³-hybridized carbons (Fsp3) is 0.600. The van der Waals surface area contributed by atoms with Gasteiger partial charge in [-0.05, 0) is 36.9 Å². The zero-order valence-electron chi connectivity index (χ0n) is 16.5. The summed E-state index contributed by atoms with van der Waals surface area (Å²) in [6.45, 7) is 2.52. The molecule has 0 bridgehead atoms. The van der Waals surface area contributed by atoms with E-state index in [9.17, 15) is 19.7 Å². The molecule has 9 heteroatoms. The zero-order chi connectivity index (χ0) is 20.1. The smallest absolute Gasteiger partial charge is 0.269 e. The van der Waals surface area contributed by atoms with E-state index in [1.165, 1.54) is 30.7 Å². The summed E-state index contributed by atoms with van der Waals surface area (Å²) in [6.07, 6.45) is 6.05. The molecule has 0 atom stereocenters. The maximum atomic E-state index is 12.8. The molecule has 2 N–H and O–H groups in total. The van der Waals surface area contributed by atoms with Gasteiger partial charge in [-0.1, -0.05) is 19.3 Å². The van der Waals surface area contributed by atoms with Gasteiger partial charge in [-0.2, -0.15) is 0 Å². The van der Waals surface area contributed by atoms with Gasteiger partial charge in [-0.3, -0.25) is 19.7 Å². The quantitative estimate of drug-likeness (QED) is 0.577. The second-order valence-corrected chi connectivity index (χ2v) is 7.92. The topological polar surface area (TPSA) is 110 Å². The number of amides is 2. The number of piperazine rings is 1. The summed E-state index contributed by atoms with van der Waals surface area (Å²) in [4.78, 5) is 39.2. The number of carbonyl (C=O) groups is 2.